The number of rotatable bonds is 10. The molecule has 0 atom stereocenters. The third kappa shape index (κ3) is 11.8. The van der Waals surface area contributed by atoms with E-state index in [9.17, 15) is 0 Å². The van der Waals surface area contributed by atoms with Gasteiger partial charge in [-0.25, -0.2) is 0 Å². The molecule has 0 heterocycles. The van der Waals surface area contributed by atoms with E-state index in [1.54, 1.807) is 0 Å². The number of unbranched alkanes of at least 4 members (excludes halogenated alkanes) is 1. The molecule has 2 aromatic carbocycles. The van der Waals surface area contributed by atoms with Crippen molar-refractivity contribution in [2.75, 3.05) is 0 Å². The van der Waals surface area contributed by atoms with E-state index in [0.29, 0.717) is 0 Å². The molecule has 0 aliphatic carbocycles. The molecule has 0 unspecified atom stereocenters. The van der Waals surface area contributed by atoms with E-state index in [0.717, 1.165) is 36.3 Å². The zero-order chi connectivity index (χ0) is 22.2. The monoisotopic (exact) mass is 494 g/mol. The quantitative estimate of drug-likeness (QED) is 0.235. The number of nitrogens with zero attached hydrogens (tertiary/aromatic N) is 2. The van der Waals surface area contributed by atoms with Crippen LogP contribution in [0.15, 0.2) is 58.5 Å². The number of aliphatic imine (C=N–C) groups is 2. The van der Waals surface area contributed by atoms with Crippen molar-refractivity contribution in [3.8, 4) is 0 Å². The zero-order valence-electron chi connectivity index (χ0n) is 20.4. The molecule has 0 radical (unpaired) electrons. The van der Waals surface area contributed by atoms with Crippen molar-refractivity contribution in [1.82, 2.24) is 0 Å². The molecule has 2 nitrogen and oxygen atoms in total. The van der Waals surface area contributed by atoms with E-state index < -0.39 is 16.1 Å². The fraction of sp³-hybridized carbons (Fsp3) is 0.462. The minimum Gasteiger partial charge on any atom is -0.255 e. The van der Waals surface area contributed by atoms with Crippen molar-refractivity contribution in [3.63, 3.8) is 0 Å². The van der Waals surface area contributed by atoms with Crippen molar-refractivity contribution in [2.45, 2.75) is 77.6 Å². The molecule has 172 valence electrons. The Labute approximate surface area is 202 Å². The van der Waals surface area contributed by atoms with Crippen molar-refractivity contribution in [3.05, 3.63) is 59.7 Å². The van der Waals surface area contributed by atoms with Crippen LogP contribution in [0.3, 0.4) is 0 Å². The second-order valence-corrected chi connectivity index (χ2v) is 21.7. The molecule has 0 aromatic heterocycles. The van der Waals surface area contributed by atoms with Gasteiger partial charge in [-0.05, 0) is 49.2 Å². The van der Waals surface area contributed by atoms with Gasteiger partial charge in [0.25, 0.3) is 0 Å². The molecule has 0 spiro atoms. The minimum absolute atomic E-state index is 0. The topological polar surface area (TPSA) is 24.7 Å². The second kappa shape index (κ2) is 12.7. The van der Waals surface area contributed by atoms with Gasteiger partial charge in [-0.15, -0.1) is 0 Å². The summed E-state index contributed by atoms with van der Waals surface area (Å²) in [5, 5.41) is 0. The van der Waals surface area contributed by atoms with E-state index in [4.69, 9.17) is 9.98 Å². The Kier molecular flexibility index (Phi) is 11.3. The maximum atomic E-state index is 4.90. The Hall–Kier alpha value is -1.29. The average molecular weight is 495 g/mol. The fourth-order valence-corrected chi connectivity index (χ4v) is 6.36. The van der Waals surface area contributed by atoms with E-state index in [-0.39, 0.29) is 16.5 Å². The summed E-state index contributed by atoms with van der Waals surface area (Å²) in [6, 6.07) is 19.9. The van der Waals surface area contributed by atoms with Crippen molar-refractivity contribution in [2.24, 2.45) is 9.98 Å². The normalized spacial score (nSPS) is 12.8. The first-order valence-corrected chi connectivity index (χ1v) is 18.7. The van der Waals surface area contributed by atoms with Crippen LogP contribution in [-0.4, -0.2) is 28.1 Å². The predicted octanol–water partition coefficient (Wildman–Crippen LogP) is 8.19. The second-order valence-electron chi connectivity index (χ2n) is 10.8. The maximum Gasteiger partial charge on any atom is 0.0633 e. The van der Waals surface area contributed by atoms with Gasteiger partial charge in [-0.1, -0.05) is 88.0 Å². The van der Waals surface area contributed by atoms with Crippen LogP contribution in [0.5, 0.6) is 0 Å². The van der Waals surface area contributed by atoms with Crippen LogP contribution in [0.1, 0.15) is 37.3 Å². The average Bonchev–Trinajstić information content (AvgIpc) is 2.64. The molecule has 5 heteroatoms. The Balaban J connectivity index is 0.00000480. The van der Waals surface area contributed by atoms with Gasteiger partial charge in [0.15, 0.2) is 0 Å². The van der Waals surface area contributed by atoms with Gasteiger partial charge in [-0.2, -0.15) is 0 Å². The van der Waals surface area contributed by atoms with Crippen LogP contribution in [-0.2, 0) is 28.6 Å². The molecule has 0 aliphatic heterocycles. The smallest absolute Gasteiger partial charge is 0.0633 e. The van der Waals surface area contributed by atoms with Crippen LogP contribution >= 0.6 is 0 Å². The van der Waals surface area contributed by atoms with Crippen molar-refractivity contribution in [1.29, 1.82) is 0 Å². The molecule has 0 saturated carbocycles. The van der Waals surface area contributed by atoms with Crippen LogP contribution in [0, 0.1) is 0 Å². The molecule has 0 fully saturated rings. The SMILES string of the molecule is CCCCC(C=Nc1ccc(C[Si](C)(C)C)cc1)=Nc1ccc(C[Si](C)(C)C)cc1.[Ni]. The minimum atomic E-state index is -1.09. The third-order valence-electron chi connectivity index (χ3n) is 4.76. The maximum absolute atomic E-state index is 4.90. The molecule has 31 heavy (non-hydrogen) atoms. The molecule has 2 rings (SSSR count). The van der Waals surface area contributed by atoms with Gasteiger partial charge >= 0.3 is 0 Å². The molecule has 0 bridgehead atoms. The summed E-state index contributed by atoms with van der Waals surface area (Å²) in [4.78, 5) is 9.62. The summed E-state index contributed by atoms with van der Waals surface area (Å²) >= 11 is 0. The van der Waals surface area contributed by atoms with Crippen LogP contribution in [0.4, 0.5) is 11.4 Å². The van der Waals surface area contributed by atoms with E-state index >= 15 is 0 Å². The molecular weight excluding hydrogens is 455 g/mol. The van der Waals surface area contributed by atoms with Crippen molar-refractivity contribution >= 4 is 39.4 Å². The van der Waals surface area contributed by atoms with Gasteiger partial charge in [0.1, 0.15) is 0 Å². The van der Waals surface area contributed by atoms with Crippen LogP contribution in [0.25, 0.3) is 0 Å². The van der Waals surface area contributed by atoms with Crippen LogP contribution < -0.4 is 0 Å². The first-order valence-electron chi connectivity index (χ1n) is 11.3. The molecular formula is C26H40N2NiSi2. The Morgan fingerprint density at radius 2 is 1.19 bits per heavy atom. The molecule has 0 saturated heterocycles. The first-order chi connectivity index (χ1) is 14.0. The van der Waals surface area contributed by atoms with Gasteiger partial charge < -0.3 is 0 Å². The van der Waals surface area contributed by atoms with Crippen molar-refractivity contribution < 1.29 is 16.5 Å². The summed E-state index contributed by atoms with van der Waals surface area (Å²) < 4.78 is 0. The number of benzene rings is 2. The fourth-order valence-electron chi connectivity index (χ4n) is 3.44. The molecule has 0 amide bonds. The van der Waals surface area contributed by atoms with E-state index in [2.05, 4.69) is 94.7 Å². The molecule has 0 N–H and O–H groups in total. The first kappa shape index (κ1) is 27.7. The summed E-state index contributed by atoms with van der Waals surface area (Å²) in [7, 11) is -2.17. The third-order valence-corrected chi connectivity index (χ3v) is 7.70. The Bertz CT molecular complexity index is 843. The molecule has 0 aliphatic rings. The van der Waals surface area contributed by atoms with Gasteiger partial charge in [-0.3, -0.25) is 9.98 Å². The molecule has 2 aromatic rings. The largest absolute Gasteiger partial charge is 0.255 e. The standard InChI is InChI=1S/C26H40N2Si2.Ni/c1-8-9-10-26(28-25-17-13-23(14-18-25)21-30(5,6)7)19-27-24-15-11-22(12-16-24)20-29(2,3)4;/h11-19H,8-10,20-21H2,1-7H3;. The van der Waals surface area contributed by atoms with Crippen LogP contribution in [0.2, 0.25) is 39.3 Å². The van der Waals surface area contributed by atoms with Gasteiger partial charge in [0.2, 0.25) is 0 Å². The summed E-state index contributed by atoms with van der Waals surface area (Å²) in [6.45, 7) is 16.7. The van der Waals surface area contributed by atoms with Gasteiger partial charge in [0, 0.05) is 38.9 Å². The Morgan fingerprint density at radius 1 is 0.742 bits per heavy atom. The number of hydrogen-bond donors (Lipinski definition) is 0. The number of hydrogen-bond acceptors (Lipinski definition) is 2. The summed E-state index contributed by atoms with van der Waals surface area (Å²) in [6.07, 6.45) is 5.21. The van der Waals surface area contributed by atoms with Gasteiger partial charge in [0.05, 0.1) is 17.1 Å². The predicted molar refractivity (Wildman–Crippen MR) is 142 cm³/mol. The van der Waals surface area contributed by atoms with E-state index in [1.165, 1.54) is 23.2 Å². The summed E-state index contributed by atoms with van der Waals surface area (Å²) in [5.74, 6) is 0. The van der Waals surface area contributed by atoms with E-state index in [1.807, 2.05) is 6.21 Å². The zero-order valence-corrected chi connectivity index (χ0v) is 23.4. The Morgan fingerprint density at radius 3 is 1.61 bits per heavy atom. The summed E-state index contributed by atoms with van der Waals surface area (Å²) in [5.41, 5.74) is 5.93.